The summed E-state index contributed by atoms with van der Waals surface area (Å²) < 4.78 is 25.2. The van der Waals surface area contributed by atoms with Crippen molar-refractivity contribution in [3.8, 4) is 0 Å². The van der Waals surface area contributed by atoms with E-state index in [1.807, 2.05) is 0 Å². The molecule has 1 amide bonds. The van der Waals surface area contributed by atoms with Crippen LogP contribution in [0.3, 0.4) is 0 Å². The average Bonchev–Trinajstić information content (AvgIpc) is 2.34. The lowest BCUT2D eigenvalue weighted by Crippen LogP contribution is -2.48. The quantitative estimate of drug-likeness (QED) is 0.819. The van der Waals surface area contributed by atoms with E-state index in [1.54, 1.807) is 51.4 Å². The summed E-state index contributed by atoms with van der Waals surface area (Å²) in [5.41, 5.74) is 0.507. The van der Waals surface area contributed by atoms with Crippen LogP contribution in [0.15, 0.2) is 30.3 Å². The molecule has 0 aliphatic carbocycles. The Labute approximate surface area is 114 Å². The van der Waals surface area contributed by atoms with E-state index < -0.39 is 16.1 Å². The van der Waals surface area contributed by atoms with Crippen molar-refractivity contribution < 1.29 is 13.2 Å². The van der Waals surface area contributed by atoms with Gasteiger partial charge in [-0.1, -0.05) is 25.1 Å². The molecule has 0 bridgehead atoms. The van der Waals surface area contributed by atoms with Crippen LogP contribution in [0, 0.1) is 0 Å². The molecule has 19 heavy (non-hydrogen) atoms. The van der Waals surface area contributed by atoms with Gasteiger partial charge in [-0.2, -0.15) is 0 Å². The molecule has 0 aliphatic rings. The van der Waals surface area contributed by atoms with Gasteiger partial charge in [-0.3, -0.25) is 9.10 Å². The first-order valence-electron chi connectivity index (χ1n) is 6.04. The van der Waals surface area contributed by atoms with Crippen LogP contribution < -0.4 is 4.31 Å². The summed E-state index contributed by atoms with van der Waals surface area (Å²) in [6, 6.07) is 7.96. The van der Waals surface area contributed by atoms with Crippen LogP contribution in [-0.4, -0.2) is 45.6 Å². The zero-order chi connectivity index (χ0) is 14.6. The van der Waals surface area contributed by atoms with E-state index in [-0.39, 0.29) is 5.91 Å². The molecule has 1 atom stereocenters. The summed E-state index contributed by atoms with van der Waals surface area (Å²) >= 11 is 0. The molecule has 0 saturated carbocycles. The van der Waals surface area contributed by atoms with E-state index in [2.05, 4.69) is 0 Å². The minimum absolute atomic E-state index is 0.225. The lowest BCUT2D eigenvalue weighted by molar-refractivity contribution is -0.129. The monoisotopic (exact) mass is 284 g/mol. The maximum Gasteiger partial charge on any atom is 0.245 e. The maximum atomic E-state index is 12.2. The third-order valence-corrected chi connectivity index (χ3v) is 3.94. The Morgan fingerprint density at radius 2 is 1.74 bits per heavy atom. The van der Waals surface area contributed by atoms with Gasteiger partial charge in [0.25, 0.3) is 0 Å². The van der Waals surface area contributed by atoms with Crippen molar-refractivity contribution in [2.75, 3.05) is 24.7 Å². The van der Waals surface area contributed by atoms with Gasteiger partial charge in [0.2, 0.25) is 15.9 Å². The molecule has 1 rings (SSSR count). The predicted molar refractivity (Wildman–Crippen MR) is 76.5 cm³/mol. The first kappa shape index (κ1) is 15.5. The van der Waals surface area contributed by atoms with E-state index in [9.17, 15) is 13.2 Å². The van der Waals surface area contributed by atoms with E-state index in [0.717, 1.165) is 6.26 Å². The van der Waals surface area contributed by atoms with Crippen molar-refractivity contribution >= 4 is 21.6 Å². The Balaban J connectivity index is 3.29. The Morgan fingerprint density at radius 3 is 2.11 bits per heavy atom. The summed E-state index contributed by atoms with van der Waals surface area (Å²) in [4.78, 5) is 13.6. The summed E-state index contributed by atoms with van der Waals surface area (Å²) in [6.07, 6.45) is 1.53. The Bertz CT molecular complexity index is 526. The fourth-order valence-corrected chi connectivity index (χ4v) is 3.12. The lowest BCUT2D eigenvalue weighted by atomic mass is 10.2. The summed E-state index contributed by atoms with van der Waals surface area (Å²) in [7, 11) is -0.279. The number of para-hydroxylation sites is 1. The molecule has 0 fully saturated rings. The molecule has 1 aromatic carbocycles. The van der Waals surface area contributed by atoms with Crippen molar-refractivity contribution in [1.82, 2.24) is 4.90 Å². The highest BCUT2D eigenvalue weighted by Gasteiger charge is 2.32. The molecule has 0 N–H and O–H groups in total. The molecule has 0 aromatic heterocycles. The molecular formula is C13H20N2O3S. The van der Waals surface area contributed by atoms with Crippen LogP contribution in [-0.2, 0) is 14.8 Å². The van der Waals surface area contributed by atoms with Crippen LogP contribution >= 0.6 is 0 Å². The topological polar surface area (TPSA) is 57.7 Å². The number of amides is 1. The van der Waals surface area contributed by atoms with Crippen molar-refractivity contribution in [2.24, 2.45) is 0 Å². The second kappa shape index (κ2) is 6.06. The number of rotatable bonds is 5. The van der Waals surface area contributed by atoms with E-state index in [1.165, 1.54) is 9.21 Å². The Morgan fingerprint density at radius 1 is 1.21 bits per heavy atom. The molecular weight excluding hydrogens is 264 g/mol. The molecule has 1 unspecified atom stereocenters. The molecule has 0 spiro atoms. The third-order valence-electron chi connectivity index (χ3n) is 2.76. The minimum atomic E-state index is -3.52. The van der Waals surface area contributed by atoms with Crippen molar-refractivity contribution in [3.63, 3.8) is 0 Å². The smallest absolute Gasteiger partial charge is 0.245 e. The van der Waals surface area contributed by atoms with Gasteiger partial charge in [-0.15, -0.1) is 0 Å². The average molecular weight is 284 g/mol. The standard InChI is InChI=1S/C13H20N2O3S/c1-5-12(13(16)14(2)3)15(19(4,17)18)11-9-7-6-8-10-11/h6-10,12H,5H2,1-4H3. The highest BCUT2D eigenvalue weighted by Crippen LogP contribution is 2.22. The highest BCUT2D eigenvalue weighted by atomic mass is 32.2. The number of sulfonamides is 1. The summed E-state index contributed by atoms with van der Waals surface area (Å²) in [5.74, 6) is -0.225. The lowest BCUT2D eigenvalue weighted by Gasteiger charge is -2.31. The summed E-state index contributed by atoms with van der Waals surface area (Å²) in [5, 5.41) is 0. The van der Waals surface area contributed by atoms with Crippen LogP contribution in [0.5, 0.6) is 0 Å². The summed E-state index contributed by atoms with van der Waals surface area (Å²) in [6.45, 7) is 1.80. The zero-order valence-electron chi connectivity index (χ0n) is 11.7. The van der Waals surface area contributed by atoms with Gasteiger partial charge in [0.15, 0.2) is 0 Å². The normalized spacial score (nSPS) is 12.8. The Hall–Kier alpha value is -1.56. The van der Waals surface area contributed by atoms with Crippen LogP contribution in [0.2, 0.25) is 0 Å². The van der Waals surface area contributed by atoms with Gasteiger partial charge < -0.3 is 4.90 Å². The molecule has 0 radical (unpaired) electrons. The molecule has 106 valence electrons. The largest absolute Gasteiger partial charge is 0.347 e. The molecule has 6 heteroatoms. The van der Waals surface area contributed by atoms with Crippen molar-refractivity contribution in [3.05, 3.63) is 30.3 Å². The van der Waals surface area contributed by atoms with Gasteiger partial charge in [-0.25, -0.2) is 8.42 Å². The number of anilines is 1. The number of carbonyl (C=O) groups excluding carboxylic acids is 1. The molecule has 0 heterocycles. The van der Waals surface area contributed by atoms with Crippen LogP contribution in [0.25, 0.3) is 0 Å². The van der Waals surface area contributed by atoms with Crippen LogP contribution in [0.1, 0.15) is 13.3 Å². The SMILES string of the molecule is CCC(C(=O)N(C)C)N(c1ccccc1)S(C)(=O)=O. The van der Waals surface area contributed by atoms with Gasteiger partial charge in [0.1, 0.15) is 6.04 Å². The second-order valence-electron chi connectivity index (χ2n) is 4.55. The van der Waals surface area contributed by atoms with Crippen molar-refractivity contribution in [2.45, 2.75) is 19.4 Å². The Kier molecular flexibility index (Phi) is 4.94. The molecule has 5 nitrogen and oxygen atoms in total. The third kappa shape index (κ3) is 3.70. The van der Waals surface area contributed by atoms with Gasteiger partial charge >= 0.3 is 0 Å². The van der Waals surface area contributed by atoms with Crippen LogP contribution in [0.4, 0.5) is 5.69 Å². The fraction of sp³-hybridized carbons (Fsp3) is 0.462. The number of nitrogens with zero attached hydrogens (tertiary/aromatic N) is 2. The number of likely N-dealkylation sites (N-methyl/N-ethyl adjacent to an activating group) is 1. The van der Waals surface area contributed by atoms with E-state index in [4.69, 9.17) is 0 Å². The predicted octanol–water partition coefficient (Wildman–Crippen LogP) is 1.32. The minimum Gasteiger partial charge on any atom is -0.347 e. The van der Waals surface area contributed by atoms with Crippen molar-refractivity contribution in [1.29, 1.82) is 0 Å². The second-order valence-corrected chi connectivity index (χ2v) is 6.41. The molecule has 1 aromatic rings. The number of benzene rings is 1. The number of hydrogen-bond donors (Lipinski definition) is 0. The van der Waals surface area contributed by atoms with Gasteiger partial charge in [0.05, 0.1) is 11.9 Å². The van der Waals surface area contributed by atoms with Gasteiger partial charge in [0, 0.05) is 14.1 Å². The maximum absolute atomic E-state index is 12.2. The highest BCUT2D eigenvalue weighted by molar-refractivity contribution is 7.92. The van der Waals surface area contributed by atoms with E-state index in [0.29, 0.717) is 12.1 Å². The van der Waals surface area contributed by atoms with E-state index >= 15 is 0 Å². The first-order chi connectivity index (χ1) is 8.79. The molecule has 0 saturated heterocycles. The zero-order valence-corrected chi connectivity index (χ0v) is 12.5. The van der Waals surface area contributed by atoms with Gasteiger partial charge in [-0.05, 0) is 18.6 Å². The number of carbonyl (C=O) groups is 1. The number of hydrogen-bond acceptors (Lipinski definition) is 3. The molecule has 0 aliphatic heterocycles. The first-order valence-corrected chi connectivity index (χ1v) is 7.89. The fourth-order valence-electron chi connectivity index (χ4n) is 1.92.